The molecule has 0 aromatic heterocycles. The second kappa shape index (κ2) is 5.56. The van der Waals surface area contributed by atoms with Crippen LogP contribution in [0, 0.1) is 0 Å². The number of carboxylic acids is 1. The summed E-state index contributed by atoms with van der Waals surface area (Å²) in [7, 11) is 0. The van der Waals surface area contributed by atoms with Crippen molar-refractivity contribution in [1.29, 1.82) is 0 Å². The average molecular weight is 224 g/mol. The van der Waals surface area contributed by atoms with E-state index in [-0.39, 0.29) is 16.8 Å². The Kier molecular flexibility index (Phi) is 4.37. The van der Waals surface area contributed by atoms with Gasteiger partial charge in [0.05, 0.1) is 6.42 Å². The van der Waals surface area contributed by atoms with E-state index in [0.29, 0.717) is 0 Å². The van der Waals surface area contributed by atoms with Crippen LogP contribution in [0.15, 0.2) is 30.3 Å². The Labute approximate surface area is 92.5 Å². The minimum absolute atomic E-state index is 0.0335. The summed E-state index contributed by atoms with van der Waals surface area (Å²) in [5.74, 6) is -0.891. The molecule has 0 radical (unpaired) electrons. The van der Waals surface area contributed by atoms with Gasteiger partial charge in [-0.3, -0.25) is 9.59 Å². The molecule has 1 rings (SSSR count). The lowest BCUT2D eigenvalue weighted by Crippen LogP contribution is -2.04. The molecule has 0 amide bonds. The highest BCUT2D eigenvalue weighted by molar-refractivity contribution is 8.13. The Hall–Kier alpha value is -1.29. The second-order valence-corrected chi connectivity index (χ2v) is 4.49. The maximum absolute atomic E-state index is 11.0. The first-order valence-electron chi connectivity index (χ1n) is 4.53. The lowest BCUT2D eigenvalue weighted by molar-refractivity contribution is -0.137. The van der Waals surface area contributed by atoms with Gasteiger partial charge in [0.25, 0.3) is 0 Å². The Morgan fingerprint density at radius 1 is 1.33 bits per heavy atom. The first-order valence-corrected chi connectivity index (χ1v) is 5.41. The molecule has 15 heavy (non-hydrogen) atoms. The molecule has 0 aliphatic carbocycles. The number of carboxylic acid groups (broad SMARTS) is 1. The molecule has 0 saturated heterocycles. The third-order valence-corrected chi connectivity index (χ3v) is 2.89. The molecule has 0 aliphatic rings. The predicted molar refractivity (Wildman–Crippen MR) is 59.7 cm³/mol. The molecule has 0 saturated carbocycles. The summed E-state index contributed by atoms with van der Waals surface area (Å²) in [5, 5.41) is 8.38. The fraction of sp³-hybridized carbons (Fsp3) is 0.273. The Bertz CT molecular complexity index is 332. The van der Waals surface area contributed by atoms with Gasteiger partial charge in [0.1, 0.15) is 0 Å². The molecule has 0 aliphatic heterocycles. The van der Waals surface area contributed by atoms with E-state index in [2.05, 4.69) is 0 Å². The summed E-state index contributed by atoms with van der Waals surface area (Å²) in [6, 6.07) is 9.21. The van der Waals surface area contributed by atoms with Gasteiger partial charge in [-0.1, -0.05) is 42.1 Å². The topological polar surface area (TPSA) is 54.4 Å². The largest absolute Gasteiger partial charge is 0.481 e. The first-order chi connectivity index (χ1) is 7.09. The molecule has 3 nitrogen and oxygen atoms in total. The van der Waals surface area contributed by atoms with Gasteiger partial charge in [-0.25, -0.2) is 0 Å². The summed E-state index contributed by atoms with van der Waals surface area (Å²) in [5.41, 5.74) is 0.875. The smallest absolute Gasteiger partial charge is 0.304 e. The summed E-state index contributed by atoms with van der Waals surface area (Å²) in [6.07, 6.45) is -0.0335. The van der Waals surface area contributed by atoms with Crippen LogP contribution in [-0.2, 0) is 9.59 Å². The standard InChI is InChI=1S/C11H12O3S/c1-8(12)15-10(7-11(13)14)9-5-3-2-4-6-9/h2-6,10H,7H2,1H3,(H,13,14). The zero-order valence-corrected chi connectivity index (χ0v) is 9.16. The van der Waals surface area contributed by atoms with Crippen LogP contribution >= 0.6 is 11.8 Å². The number of thioether (sulfide) groups is 1. The molecular formula is C11H12O3S. The molecule has 1 atom stereocenters. The van der Waals surface area contributed by atoms with Crippen molar-refractivity contribution in [3.63, 3.8) is 0 Å². The first kappa shape index (κ1) is 11.8. The SMILES string of the molecule is CC(=O)SC(CC(=O)O)c1ccccc1. The molecule has 1 unspecified atom stereocenters. The zero-order valence-electron chi connectivity index (χ0n) is 8.34. The third-order valence-electron chi connectivity index (χ3n) is 1.84. The van der Waals surface area contributed by atoms with Crippen LogP contribution in [0.25, 0.3) is 0 Å². The Balaban J connectivity index is 2.81. The molecule has 1 N–H and O–H groups in total. The van der Waals surface area contributed by atoms with Gasteiger partial charge in [0, 0.05) is 12.2 Å². The number of rotatable bonds is 4. The number of hydrogen-bond donors (Lipinski definition) is 1. The van der Waals surface area contributed by atoms with Crippen molar-refractivity contribution in [2.75, 3.05) is 0 Å². The van der Waals surface area contributed by atoms with Crippen LogP contribution in [-0.4, -0.2) is 16.2 Å². The lowest BCUT2D eigenvalue weighted by atomic mass is 10.1. The van der Waals surface area contributed by atoms with E-state index in [1.165, 1.54) is 6.92 Å². The molecule has 4 heteroatoms. The lowest BCUT2D eigenvalue weighted by Gasteiger charge is -2.12. The van der Waals surface area contributed by atoms with Gasteiger partial charge in [0.2, 0.25) is 0 Å². The van der Waals surface area contributed by atoms with Gasteiger partial charge >= 0.3 is 5.97 Å². The van der Waals surface area contributed by atoms with Gasteiger partial charge in [-0.15, -0.1) is 0 Å². The normalized spacial score (nSPS) is 12.1. The molecule has 0 fully saturated rings. The van der Waals surface area contributed by atoms with Crippen molar-refractivity contribution in [1.82, 2.24) is 0 Å². The van der Waals surface area contributed by atoms with Crippen molar-refractivity contribution < 1.29 is 14.7 Å². The highest BCUT2D eigenvalue weighted by atomic mass is 32.2. The monoisotopic (exact) mass is 224 g/mol. The van der Waals surface area contributed by atoms with Gasteiger partial charge in [-0.2, -0.15) is 0 Å². The van der Waals surface area contributed by atoms with Gasteiger partial charge in [0.15, 0.2) is 5.12 Å². The molecule has 1 aromatic carbocycles. The number of carbonyl (C=O) groups excluding carboxylic acids is 1. The number of hydrogen-bond acceptors (Lipinski definition) is 3. The van der Waals surface area contributed by atoms with Crippen LogP contribution in [0.2, 0.25) is 0 Å². The third kappa shape index (κ3) is 4.16. The van der Waals surface area contributed by atoms with Crippen LogP contribution in [0.4, 0.5) is 0 Å². The van der Waals surface area contributed by atoms with E-state index < -0.39 is 5.97 Å². The summed E-state index contributed by atoms with van der Waals surface area (Å²) >= 11 is 1.06. The molecule has 0 spiro atoms. The molecular weight excluding hydrogens is 212 g/mol. The number of carbonyl (C=O) groups is 2. The fourth-order valence-corrected chi connectivity index (χ4v) is 2.17. The zero-order chi connectivity index (χ0) is 11.3. The number of benzene rings is 1. The maximum atomic E-state index is 11.0. The minimum atomic E-state index is -0.891. The highest BCUT2D eigenvalue weighted by Gasteiger charge is 2.17. The van der Waals surface area contributed by atoms with E-state index in [0.717, 1.165) is 17.3 Å². The van der Waals surface area contributed by atoms with E-state index in [4.69, 9.17) is 5.11 Å². The minimum Gasteiger partial charge on any atom is -0.481 e. The van der Waals surface area contributed by atoms with Crippen LogP contribution in [0.5, 0.6) is 0 Å². The molecule has 1 aromatic rings. The number of aliphatic carboxylic acids is 1. The van der Waals surface area contributed by atoms with Gasteiger partial charge < -0.3 is 5.11 Å². The van der Waals surface area contributed by atoms with Crippen LogP contribution < -0.4 is 0 Å². The van der Waals surface area contributed by atoms with E-state index in [1.54, 1.807) is 0 Å². The van der Waals surface area contributed by atoms with E-state index in [9.17, 15) is 9.59 Å². The van der Waals surface area contributed by atoms with Crippen molar-refractivity contribution in [2.45, 2.75) is 18.6 Å². The average Bonchev–Trinajstić information content (AvgIpc) is 2.17. The van der Waals surface area contributed by atoms with Crippen molar-refractivity contribution in [3.05, 3.63) is 35.9 Å². The quantitative estimate of drug-likeness (QED) is 0.853. The summed E-state index contributed by atoms with van der Waals surface area (Å²) in [6.45, 7) is 1.45. The molecule has 0 bridgehead atoms. The van der Waals surface area contributed by atoms with Crippen molar-refractivity contribution in [2.24, 2.45) is 0 Å². The Morgan fingerprint density at radius 3 is 2.40 bits per heavy atom. The Morgan fingerprint density at radius 2 is 1.93 bits per heavy atom. The predicted octanol–water partition coefficient (Wildman–Crippen LogP) is 2.48. The second-order valence-electron chi connectivity index (χ2n) is 3.11. The molecule has 0 heterocycles. The maximum Gasteiger partial charge on any atom is 0.304 e. The van der Waals surface area contributed by atoms with Crippen LogP contribution in [0.3, 0.4) is 0 Å². The van der Waals surface area contributed by atoms with Crippen molar-refractivity contribution in [3.8, 4) is 0 Å². The molecule has 80 valence electrons. The fourth-order valence-electron chi connectivity index (χ4n) is 1.25. The summed E-state index contributed by atoms with van der Waals surface area (Å²) < 4.78 is 0. The van der Waals surface area contributed by atoms with Crippen molar-refractivity contribution >= 4 is 22.8 Å². The van der Waals surface area contributed by atoms with E-state index in [1.807, 2.05) is 30.3 Å². The highest BCUT2D eigenvalue weighted by Crippen LogP contribution is 2.32. The summed E-state index contributed by atoms with van der Waals surface area (Å²) in [4.78, 5) is 21.6. The van der Waals surface area contributed by atoms with Crippen LogP contribution in [0.1, 0.15) is 24.2 Å². The van der Waals surface area contributed by atoms with Gasteiger partial charge in [-0.05, 0) is 5.56 Å². The van der Waals surface area contributed by atoms with E-state index >= 15 is 0 Å².